The number of aryl methyl sites for hydroxylation is 1. The number of nitrogens with one attached hydrogen (secondary N) is 1. The summed E-state index contributed by atoms with van der Waals surface area (Å²) >= 11 is 0. The van der Waals surface area contributed by atoms with Crippen LogP contribution in [0.1, 0.15) is 37.8 Å². The maximum Gasteiger partial charge on any atom is 0.263 e. The van der Waals surface area contributed by atoms with Crippen LogP contribution < -0.4 is 5.32 Å². The Bertz CT molecular complexity index is 1110. The fourth-order valence-electron chi connectivity index (χ4n) is 2.63. The van der Waals surface area contributed by atoms with Gasteiger partial charge in [0, 0.05) is 5.69 Å². The van der Waals surface area contributed by atoms with Crippen LogP contribution >= 0.6 is 0 Å². The van der Waals surface area contributed by atoms with Gasteiger partial charge in [0.1, 0.15) is 5.76 Å². The maximum absolute atomic E-state index is 12.5. The highest BCUT2D eigenvalue weighted by molar-refractivity contribution is 7.91. The Balaban J connectivity index is 1.69. The van der Waals surface area contributed by atoms with E-state index >= 15 is 0 Å². The van der Waals surface area contributed by atoms with Crippen molar-refractivity contribution in [1.82, 2.24) is 4.98 Å². The molecule has 0 unspecified atom stereocenters. The Kier molecular flexibility index (Phi) is 5.66. The first kappa shape index (κ1) is 20.9. The number of amides is 1. The van der Waals surface area contributed by atoms with Gasteiger partial charge < -0.3 is 14.2 Å². The molecule has 0 saturated carbocycles. The number of rotatable bonds is 6. The monoisotopic (exact) mass is 416 g/mol. The normalized spacial score (nSPS) is 12.1. The summed E-state index contributed by atoms with van der Waals surface area (Å²) in [6, 6.07) is 10.3. The van der Waals surface area contributed by atoms with Crippen molar-refractivity contribution in [2.24, 2.45) is 0 Å². The van der Waals surface area contributed by atoms with Gasteiger partial charge in [-0.25, -0.2) is 13.4 Å². The van der Waals surface area contributed by atoms with Gasteiger partial charge in [-0.15, -0.1) is 0 Å². The summed E-state index contributed by atoms with van der Waals surface area (Å²) < 4.78 is 34.8. The molecule has 8 heteroatoms. The van der Waals surface area contributed by atoms with Gasteiger partial charge in [-0.3, -0.25) is 4.79 Å². The van der Waals surface area contributed by atoms with Gasteiger partial charge >= 0.3 is 0 Å². The fraction of sp³-hybridized carbons (Fsp3) is 0.333. The minimum absolute atomic E-state index is 0.0283. The van der Waals surface area contributed by atoms with E-state index in [0.717, 1.165) is 0 Å². The third kappa shape index (κ3) is 4.95. The molecule has 154 valence electrons. The average Bonchev–Trinajstić information content (AvgIpc) is 3.24. The average molecular weight is 416 g/mol. The van der Waals surface area contributed by atoms with Gasteiger partial charge in [-0.2, -0.15) is 0 Å². The lowest BCUT2D eigenvalue weighted by molar-refractivity contribution is -0.115. The van der Waals surface area contributed by atoms with E-state index in [-0.39, 0.29) is 18.1 Å². The number of aromatic nitrogens is 1. The molecule has 1 aromatic carbocycles. The van der Waals surface area contributed by atoms with Crippen molar-refractivity contribution in [3.05, 3.63) is 59.7 Å². The number of hydrogen-bond donors (Lipinski definition) is 1. The summed E-state index contributed by atoms with van der Waals surface area (Å²) in [6.07, 6.45) is 1.55. The number of anilines is 1. The number of hydrogen-bond acceptors (Lipinski definition) is 6. The Morgan fingerprint density at radius 2 is 1.93 bits per heavy atom. The molecule has 0 bridgehead atoms. The summed E-state index contributed by atoms with van der Waals surface area (Å²) in [5, 5.41) is 2.79. The molecular weight excluding hydrogens is 392 g/mol. The SMILES string of the molecule is Cc1oc(-c2ccco2)nc1CC(=O)Nc1cccc(CS(=O)(=O)C(C)(C)C)c1. The maximum atomic E-state index is 12.5. The van der Waals surface area contributed by atoms with Gasteiger partial charge in [0.2, 0.25) is 5.91 Å². The second kappa shape index (κ2) is 7.87. The number of furan rings is 1. The summed E-state index contributed by atoms with van der Waals surface area (Å²) in [6.45, 7) is 6.75. The van der Waals surface area contributed by atoms with Crippen LogP contribution in [0, 0.1) is 6.92 Å². The number of oxazole rings is 1. The molecule has 0 spiro atoms. The van der Waals surface area contributed by atoms with Crippen LogP contribution in [0.3, 0.4) is 0 Å². The van der Waals surface area contributed by atoms with E-state index in [4.69, 9.17) is 8.83 Å². The van der Waals surface area contributed by atoms with E-state index in [2.05, 4.69) is 10.3 Å². The van der Waals surface area contributed by atoms with Crippen molar-refractivity contribution in [3.63, 3.8) is 0 Å². The molecule has 2 heterocycles. The molecule has 0 aliphatic rings. The topological polar surface area (TPSA) is 102 Å². The number of benzene rings is 1. The Hall–Kier alpha value is -2.87. The van der Waals surface area contributed by atoms with Crippen molar-refractivity contribution >= 4 is 21.4 Å². The molecule has 0 saturated heterocycles. The largest absolute Gasteiger partial charge is 0.459 e. The summed E-state index contributed by atoms with van der Waals surface area (Å²) in [7, 11) is -3.31. The van der Waals surface area contributed by atoms with Gasteiger partial charge in [-0.1, -0.05) is 12.1 Å². The van der Waals surface area contributed by atoms with Crippen LogP contribution in [0.5, 0.6) is 0 Å². The highest BCUT2D eigenvalue weighted by Gasteiger charge is 2.29. The Labute approximate surface area is 170 Å². The Morgan fingerprint density at radius 3 is 2.59 bits per heavy atom. The van der Waals surface area contributed by atoms with E-state index < -0.39 is 14.6 Å². The fourth-order valence-corrected chi connectivity index (χ4v) is 3.68. The number of nitrogens with zero attached hydrogens (tertiary/aromatic N) is 1. The lowest BCUT2D eigenvalue weighted by Crippen LogP contribution is -2.29. The second-order valence-electron chi connectivity index (χ2n) is 7.80. The third-order valence-electron chi connectivity index (χ3n) is 4.45. The third-order valence-corrected chi connectivity index (χ3v) is 7.03. The zero-order valence-corrected chi connectivity index (χ0v) is 17.7. The van der Waals surface area contributed by atoms with Crippen LogP contribution in [0.15, 0.2) is 51.5 Å². The molecular formula is C21H24N2O5S. The van der Waals surface area contributed by atoms with Gasteiger partial charge in [0.15, 0.2) is 15.6 Å². The van der Waals surface area contributed by atoms with Gasteiger partial charge in [0.25, 0.3) is 5.89 Å². The number of carbonyl (C=O) groups excluding carboxylic acids is 1. The highest BCUT2D eigenvalue weighted by Crippen LogP contribution is 2.24. The molecule has 0 aliphatic carbocycles. The molecule has 3 aromatic rings. The zero-order valence-electron chi connectivity index (χ0n) is 16.9. The van der Waals surface area contributed by atoms with Crippen molar-refractivity contribution in [2.75, 3.05) is 5.32 Å². The first-order valence-corrected chi connectivity index (χ1v) is 10.8. The minimum Gasteiger partial charge on any atom is -0.459 e. The summed E-state index contributed by atoms with van der Waals surface area (Å²) in [4.78, 5) is 16.8. The van der Waals surface area contributed by atoms with Crippen molar-refractivity contribution in [3.8, 4) is 11.7 Å². The minimum atomic E-state index is -3.31. The van der Waals surface area contributed by atoms with Crippen molar-refractivity contribution in [2.45, 2.75) is 44.6 Å². The van der Waals surface area contributed by atoms with E-state index in [0.29, 0.717) is 34.4 Å². The van der Waals surface area contributed by atoms with Crippen LogP contribution in [0.25, 0.3) is 11.7 Å². The first-order valence-electron chi connectivity index (χ1n) is 9.16. The van der Waals surface area contributed by atoms with Gasteiger partial charge in [0.05, 0.1) is 28.9 Å². The highest BCUT2D eigenvalue weighted by atomic mass is 32.2. The van der Waals surface area contributed by atoms with Gasteiger partial charge in [-0.05, 0) is 57.5 Å². The van der Waals surface area contributed by atoms with Crippen LogP contribution in [-0.2, 0) is 26.8 Å². The molecule has 7 nitrogen and oxygen atoms in total. The predicted molar refractivity (Wildman–Crippen MR) is 110 cm³/mol. The van der Waals surface area contributed by atoms with E-state index in [9.17, 15) is 13.2 Å². The lowest BCUT2D eigenvalue weighted by Gasteiger charge is -2.19. The number of sulfone groups is 1. The second-order valence-corrected chi connectivity index (χ2v) is 10.5. The molecule has 0 aliphatic heterocycles. The molecule has 2 aromatic heterocycles. The molecule has 0 fully saturated rings. The smallest absolute Gasteiger partial charge is 0.263 e. The lowest BCUT2D eigenvalue weighted by atomic mass is 10.2. The van der Waals surface area contributed by atoms with E-state index in [1.165, 1.54) is 6.26 Å². The predicted octanol–water partition coefficient (Wildman–Crippen LogP) is 4.14. The summed E-state index contributed by atoms with van der Waals surface area (Å²) in [5.41, 5.74) is 1.67. The quantitative estimate of drug-likeness (QED) is 0.648. The molecule has 1 N–H and O–H groups in total. The van der Waals surface area contributed by atoms with E-state index in [1.807, 2.05) is 0 Å². The van der Waals surface area contributed by atoms with Crippen LogP contribution in [-0.4, -0.2) is 24.1 Å². The molecule has 29 heavy (non-hydrogen) atoms. The van der Waals surface area contributed by atoms with E-state index in [1.54, 1.807) is 64.1 Å². The standard InChI is InChI=1S/C21H24N2O5S/c1-14-17(23-20(28-14)18-9-6-10-27-18)12-19(24)22-16-8-5-7-15(11-16)13-29(25,26)21(2,3)4/h5-11H,12-13H2,1-4H3,(H,22,24). The molecule has 3 rings (SSSR count). The summed E-state index contributed by atoms with van der Waals surface area (Å²) in [5.74, 6) is 0.992. The van der Waals surface area contributed by atoms with Crippen molar-refractivity contribution < 1.29 is 22.0 Å². The van der Waals surface area contributed by atoms with Crippen LogP contribution in [0.4, 0.5) is 5.69 Å². The number of carbonyl (C=O) groups is 1. The molecule has 0 atom stereocenters. The van der Waals surface area contributed by atoms with Crippen molar-refractivity contribution in [1.29, 1.82) is 0 Å². The van der Waals surface area contributed by atoms with Crippen LogP contribution in [0.2, 0.25) is 0 Å². The molecule has 1 amide bonds. The Morgan fingerprint density at radius 1 is 1.17 bits per heavy atom. The molecule has 0 radical (unpaired) electrons. The zero-order chi connectivity index (χ0) is 21.2. The first-order chi connectivity index (χ1) is 13.5.